The highest BCUT2D eigenvalue weighted by atomic mass is 16.1. The van der Waals surface area contributed by atoms with E-state index in [0.29, 0.717) is 0 Å². The van der Waals surface area contributed by atoms with Gasteiger partial charge in [-0.15, -0.1) is 0 Å². The van der Waals surface area contributed by atoms with Crippen LogP contribution < -0.4 is 5.43 Å². The van der Waals surface area contributed by atoms with Crippen LogP contribution in [0.15, 0.2) is 16.9 Å². The van der Waals surface area contributed by atoms with Crippen LogP contribution in [0.3, 0.4) is 0 Å². The number of fused-ring (bicyclic) bond motifs is 1. The fourth-order valence-electron chi connectivity index (χ4n) is 3.29. The summed E-state index contributed by atoms with van der Waals surface area (Å²) in [5.74, 6) is 0. The number of aromatic amines is 1. The van der Waals surface area contributed by atoms with Gasteiger partial charge in [-0.25, -0.2) is 0 Å². The molecule has 1 saturated heterocycles. The molecule has 3 nitrogen and oxygen atoms in total. The standard InChI is InChI=1S/C18H24N2O/c1-12-7-8-15-17(13(12)2)19-14(3)16(18(15)21)11-20-9-5-4-6-10-20/h7-8H,4-6,9-11H2,1-3H3,(H,19,21). The second-order valence-electron chi connectivity index (χ2n) is 6.32. The minimum atomic E-state index is 0.204. The van der Waals surface area contributed by atoms with E-state index in [1.165, 1.54) is 30.4 Å². The first kappa shape index (κ1) is 14.3. The van der Waals surface area contributed by atoms with Gasteiger partial charge in [-0.1, -0.05) is 12.5 Å². The number of benzene rings is 1. The number of likely N-dealkylation sites (tertiary alicyclic amines) is 1. The van der Waals surface area contributed by atoms with Crippen LogP contribution in [-0.4, -0.2) is 23.0 Å². The third-order valence-corrected chi connectivity index (χ3v) is 4.85. The molecule has 0 spiro atoms. The molecule has 3 heteroatoms. The van der Waals surface area contributed by atoms with E-state index in [-0.39, 0.29) is 5.43 Å². The van der Waals surface area contributed by atoms with Gasteiger partial charge in [0.2, 0.25) is 0 Å². The van der Waals surface area contributed by atoms with Crippen molar-refractivity contribution >= 4 is 10.9 Å². The van der Waals surface area contributed by atoms with Gasteiger partial charge in [0.15, 0.2) is 5.43 Å². The molecular formula is C18H24N2O. The molecule has 1 N–H and O–H groups in total. The summed E-state index contributed by atoms with van der Waals surface area (Å²) in [5, 5.41) is 0.829. The van der Waals surface area contributed by atoms with Crippen LogP contribution in [0.25, 0.3) is 10.9 Å². The zero-order valence-corrected chi connectivity index (χ0v) is 13.3. The van der Waals surface area contributed by atoms with Crippen LogP contribution in [0.2, 0.25) is 0 Å². The topological polar surface area (TPSA) is 36.1 Å². The summed E-state index contributed by atoms with van der Waals surface area (Å²) in [7, 11) is 0. The van der Waals surface area contributed by atoms with Crippen molar-refractivity contribution in [2.24, 2.45) is 0 Å². The third-order valence-electron chi connectivity index (χ3n) is 4.85. The first-order valence-electron chi connectivity index (χ1n) is 7.92. The smallest absolute Gasteiger partial charge is 0.194 e. The van der Waals surface area contributed by atoms with E-state index in [4.69, 9.17) is 0 Å². The van der Waals surface area contributed by atoms with Crippen molar-refractivity contribution in [3.8, 4) is 0 Å². The first-order valence-corrected chi connectivity index (χ1v) is 7.92. The SMILES string of the molecule is Cc1ccc2c(=O)c(CN3CCCCC3)c(C)[nH]c2c1C. The number of nitrogens with zero attached hydrogens (tertiary/aromatic N) is 1. The summed E-state index contributed by atoms with van der Waals surface area (Å²) < 4.78 is 0. The monoisotopic (exact) mass is 284 g/mol. The molecular weight excluding hydrogens is 260 g/mol. The minimum absolute atomic E-state index is 0.204. The van der Waals surface area contributed by atoms with Gasteiger partial charge < -0.3 is 4.98 Å². The lowest BCUT2D eigenvalue weighted by molar-refractivity contribution is 0.220. The van der Waals surface area contributed by atoms with Gasteiger partial charge in [0, 0.05) is 23.2 Å². The molecule has 1 aliphatic heterocycles. The summed E-state index contributed by atoms with van der Waals surface area (Å²) in [6, 6.07) is 4.02. The average molecular weight is 284 g/mol. The fourth-order valence-corrected chi connectivity index (χ4v) is 3.29. The number of aromatic nitrogens is 1. The van der Waals surface area contributed by atoms with E-state index in [1.807, 2.05) is 19.1 Å². The number of aryl methyl sites for hydroxylation is 3. The Morgan fingerprint density at radius 1 is 1.10 bits per heavy atom. The molecule has 0 unspecified atom stereocenters. The molecule has 21 heavy (non-hydrogen) atoms. The van der Waals surface area contributed by atoms with Crippen molar-refractivity contribution < 1.29 is 0 Å². The van der Waals surface area contributed by atoms with Gasteiger partial charge in [-0.3, -0.25) is 9.69 Å². The highest BCUT2D eigenvalue weighted by Crippen LogP contribution is 2.20. The lowest BCUT2D eigenvalue weighted by atomic mass is 10.0. The predicted octanol–water partition coefficient (Wildman–Crippen LogP) is 3.44. The number of nitrogens with one attached hydrogen (secondary N) is 1. The van der Waals surface area contributed by atoms with E-state index in [2.05, 4.69) is 23.7 Å². The lowest BCUT2D eigenvalue weighted by Gasteiger charge is -2.26. The van der Waals surface area contributed by atoms with Gasteiger partial charge in [0.1, 0.15) is 0 Å². The molecule has 0 saturated carbocycles. The number of pyridine rings is 1. The summed E-state index contributed by atoms with van der Waals surface area (Å²) in [6.07, 6.45) is 3.83. The maximum atomic E-state index is 12.8. The van der Waals surface area contributed by atoms with Crippen LogP contribution in [0, 0.1) is 20.8 Å². The van der Waals surface area contributed by atoms with Gasteiger partial charge >= 0.3 is 0 Å². The molecule has 0 aliphatic carbocycles. The number of hydrogen-bond acceptors (Lipinski definition) is 2. The van der Waals surface area contributed by atoms with E-state index >= 15 is 0 Å². The Labute approximate surface area is 126 Å². The Morgan fingerprint density at radius 3 is 2.52 bits per heavy atom. The van der Waals surface area contributed by atoms with E-state index < -0.39 is 0 Å². The third kappa shape index (κ3) is 2.62. The minimum Gasteiger partial charge on any atom is -0.358 e. The first-order chi connectivity index (χ1) is 10.1. The van der Waals surface area contributed by atoms with E-state index in [0.717, 1.165) is 41.8 Å². The molecule has 1 aliphatic rings. The van der Waals surface area contributed by atoms with Crippen molar-refractivity contribution in [2.75, 3.05) is 13.1 Å². The Morgan fingerprint density at radius 2 is 1.81 bits per heavy atom. The molecule has 0 amide bonds. The number of hydrogen-bond donors (Lipinski definition) is 1. The zero-order chi connectivity index (χ0) is 15.0. The Hall–Kier alpha value is -1.61. The van der Waals surface area contributed by atoms with Gasteiger partial charge in [-0.05, 0) is 63.9 Å². The summed E-state index contributed by atoms with van der Waals surface area (Å²) in [6.45, 7) is 9.21. The second kappa shape index (κ2) is 5.64. The molecule has 0 radical (unpaired) electrons. The summed E-state index contributed by atoms with van der Waals surface area (Å²) in [4.78, 5) is 18.7. The summed E-state index contributed by atoms with van der Waals surface area (Å²) in [5.41, 5.74) is 5.56. The fraction of sp³-hybridized carbons (Fsp3) is 0.500. The maximum absolute atomic E-state index is 12.8. The average Bonchev–Trinajstić information content (AvgIpc) is 2.49. The van der Waals surface area contributed by atoms with Gasteiger partial charge in [-0.2, -0.15) is 0 Å². The van der Waals surface area contributed by atoms with Crippen molar-refractivity contribution in [1.29, 1.82) is 0 Å². The van der Waals surface area contributed by atoms with Crippen molar-refractivity contribution in [3.63, 3.8) is 0 Å². The molecule has 3 rings (SSSR count). The second-order valence-corrected chi connectivity index (χ2v) is 6.32. The van der Waals surface area contributed by atoms with Crippen molar-refractivity contribution in [2.45, 2.75) is 46.6 Å². The normalized spacial score (nSPS) is 16.5. The van der Waals surface area contributed by atoms with Crippen molar-refractivity contribution in [3.05, 3.63) is 44.7 Å². The van der Waals surface area contributed by atoms with Crippen LogP contribution in [0.5, 0.6) is 0 Å². The van der Waals surface area contributed by atoms with Crippen LogP contribution >= 0.6 is 0 Å². The molecule has 112 valence electrons. The van der Waals surface area contributed by atoms with Crippen molar-refractivity contribution in [1.82, 2.24) is 9.88 Å². The highest BCUT2D eigenvalue weighted by Gasteiger charge is 2.16. The van der Waals surface area contributed by atoms with Crippen LogP contribution in [0.4, 0.5) is 0 Å². The zero-order valence-electron chi connectivity index (χ0n) is 13.3. The number of rotatable bonds is 2. The molecule has 0 atom stereocenters. The largest absolute Gasteiger partial charge is 0.358 e. The Bertz CT molecular complexity index is 724. The molecule has 2 heterocycles. The van der Waals surface area contributed by atoms with Crippen LogP contribution in [-0.2, 0) is 6.54 Å². The Kier molecular flexibility index (Phi) is 3.85. The highest BCUT2D eigenvalue weighted by molar-refractivity contribution is 5.83. The van der Waals surface area contributed by atoms with E-state index in [1.54, 1.807) is 0 Å². The molecule has 1 aromatic carbocycles. The number of piperidine rings is 1. The van der Waals surface area contributed by atoms with Gasteiger partial charge in [0.05, 0.1) is 5.52 Å². The maximum Gasteiger partial charge on any atom is 0.194 e. The lowest BCUT2D eigenvalue weighted by Crippen LogP contribution is -2.32. The number of H-pyrrole nitrogens is 1. The Balaban J connectivity index is 2.07. The van der Waals surface area contributed by atoms with Crippen LogP contribution in [0.1, 0.15) is 41.6 Å². The molecule has 1 aromatic heterocycles. The van der Waals surface area contributed by atoms with E-state index in [9.17, 15) is 4.79 Å². The predicted molar refractivity (Wildman–Crippen MR) is 87.9 cm³/mol. The van der Waals surface area contributed by atoms with Gasteiger partial charge in [0.25, 0.3) is 0 Å². The summed E-state index contributed by atoms with van der Waals surface area (Å²) >= 11 is 0. The molecule has 0 bridgehead atoms. The molecule has 2 aromatic rings. The molecule has 1 fully saturated rings. The quantitative estimate of drug-likeness (QED) is 0.917.